The highest BCUT2D eigenvalue weighted by Crippen LogP contribution is 2.11. The molecule has 0 saturated heterocycles. The van der Waals surface area contributed by atoms with Crippen molar-refractivity contribution in [3.63, 3.8) is 0 Å². The van der Waals surface area contributed by atoms with E-state index in [1.165, 1.54) is 17.7 Å². The van der Waals surface area contributed by atoms with Gasteiger partial charge in [0.2, 0.25) is 0 Å². The molecule has 1 rings (SSSR count). The first-order chi connectivity index (χ1) is 10.2. The van der Waals surface area contributed by atoms with E-state index in [0.717, 1.165) is 49.9 Å². The number of hydrogen-bond acceptors (Lipinski definition) is 4. The molecule has 0 amide bonds. The summed E-state index contributed by atoms with van der Waals surface area (Å²) in [4.78, 5) is 4.60. The molecule has 1 aromatic heterocycles. The smallest absolute Gasteiger partial charge is 0.191 e. The largest absolute Gasteiger partial charge is 0.361 e. The van der Waals surface area contributed by atoms with E-state index in [1.54, 1.807) is 0 Å². The third-order valence-corrected chi connectivity index (χ3v) is 3.92. The van der Waals surface area contributed by atoms with Gasteiger partial charge in [0.1, 0.15) is 5.76 Å². The molecular formula is C15H28N4OS. The summed E-state index contributed by atoms with van der Waals surface area (Å²) in [6.07, 6.45) is 5.41. The van der Waals surface area contributed by atoms with E-state index in [9.17, 15) is 0 Å². The van der Waals surface area contributed by atoms with Crippen molar-refractivity contribution in [3.8, 4) is 0 Å². The fraction of sp³-hybridized carbons (Fsp3) is 0.733. The van der Waals surface area contributed by atoms with Crippen molar-refractivity contribution in [2.24, 2.45) is 4.99 Å². The summed E-state index contributed by atoms with van der Waals surface area (Å²) in [6.45, 7) is 8.61. The lowest BCUT2D eigenvalue weighted by Crippen LogP contribution is -2.38. The van der Waals surface area contributed by atoms with Crippen LogP contribution in [0.5, 0.6) is 0 Å². The summed E-state index contributed by atoms with van der Waals surface area (Å²) in [6, 6.07) is 0. The Labute approximate surface area is 132 Å². The third kappa shape index (κ3) is 6.89. The van der Waals surface area contributed by atoms with Gasteiger partial charge in [0, 0.05) is 25.2 Å². The summed E-state index contributed by atoms with van der Waals surface area (Å²) in [5.41, 5.74) is 2.17. The number of hydrogen-bond donors (Lipinski definition) is 2. The maximum atomic E-state index is 5.18. The molecule has 21 heavy (non-hydrogen) atoms. The first kappa shape index (κ1) is 17.9. The minimum Gasteiger partial charge on any atom is -0.361 e. The molecule has 5 nitrogen and oxygen atoms in total. The van der Waals surface area contributed by atoms with Crippen LogP contribution in [0, 0.1) is 13.8 Å². The maximum absolute atomic E-state index is 5.18. The van der Waals surface area contributed by atoms with Crippen LogP contribution >= 0.6 is 11.8 Å². The molecule has 0 aromatic carbocycles. The van der Waals surface area contributed by atoms with Crippen molar-refractivity contribution in [2.75, 3.05) is 31.6 Å². The summed E-state index contributed by atoms with van der Waals surface area (Å²) >= 11 is 1.89. The monoisotopic (exact) mass is 312 g/mol. The number of aromatic nitrogens is 1. The molecule has 1 heterocycles. The van der Waals surface area contributed by atoms with Crippen LogP contribution in [-0.4, -0.2) is 42.8 Å². The maximum Gasteiger partial charge on any atom is 0.191 e. The molecule has 1 aromatic rings. The first-order valence-corrected chi connectivity index (χ1v) is 9.01. The molecule has 0 aliphatic carbocycles. The molecule has 0 aliphatic rings. The second kappa shape index (κ2) is 10.5. The van der Waals surface area contributed by atoms with Gasteiger partial charge < -0.3 is 15.2 Å². The zero-order valence-electron chi connectivity index (χ0n) is 13.7. The van der Waals surface area contributed by atoms with Crippen molar-refractivity contribution in [1.29, 1.82) is 0 Å². The number of unbranched alkanes of at least 4 members (excludes halogenated alkanes) is 1. The van der Waals surface area contributed by atoms with Crippen molar-refractivity contribution in [3.05, 3.63) is 17.0 Å². The van der Waals surface area contributed by atoms with Gasteiger partial charge in [0.25, 0.3) is 0 Å². The summed E-state index contributed by atoms with van der Waals surface area (Å²) in [5, 5.41) is 10.6. The molecular weight excluding hydrogens is 284 g/mol. The molecule has 2 N–H and O–H groups in total. The lowest BCUT2D eigenvalue weighted by atomic mass is 10.1. The Morgan fingerprint density at radius 3 is 2.71 bits per heavy atom. The zero-order valence-corrected chi connectivity index (χ0v) is 14.5. The predicted molar refractivity (Wildman–Crippen MR) is 91.3 cm³/mol. The van der Waals surface area contributed by atoms with Gasteiger partial charge in [-0.15, -0.1) is 0 Å². The van der Waals surface area contributed by atoms with Crippen LogP contribution in [0.2, 0.25) is 0 Å². The Balaban J connectivity index is 2.35. The Morgan fingerprint density at radius 1 is 1.29 bits per heavy atom. The predicted octanol–water partition coefficient (Wildman–Crippen LogP) is 2.53. The van der Waals surface area contributed by atoms with Crippen LogP contribution in [0.4, 0.5) is 0 Å². The van der Waals surface area contributed by atoms with Gasteiger partial charge in [0.05, 0.1) is 5.69 Å². The standard InChI is InChI=1S/C15H28N4OS/c1-5-16-15(17-9-6-7-11-21-4)18-10-8-14-12(2)19-20-13(14)3/h5-11H2,1-4H3,(H2,16,17,18). The van der Waals surface area contributed by atoms with E-state index in [0.29, 0.717) is 0 Å². The van der Waals surface area contributed by atoms with E-state index in [4.69, 9.17) is 4.52 Å². The number of aliphatic imine (C=N–C) groups is 1. The SMILES string of the molecule is CCNC(=NCCCCSC)NCCc1c(C)noc1C. The Morgan fingerprint density at radius 2 is 2.10 bits per heavy atom. The molecule has 120 valence electrons. The Hall–Kier alpha value is -1.17. The van der Waals surface area contributed by atoms with Crippen LogP contribution < -0.4 is 10.6 Å². The van der Waals surface area contributed by atoms with Gasteiger partial charge in [-0.3, -0.25) is 4.99 Å². The highest BCUT2D eigenvalue weighted by atomic mass is 32.2. The zero-order chi connectivity index (χ0) is 15.5. The minimum absolute atomic E-state index is 0.833. The summed E-state index contributed by atoms with van der Waals surface area (Å²) in [7, 11) is 0. The Kier molecular flexibility index (Phi) is 8.98. The van der Waals surface area contributed by atoms with Crippen LogP contribution in [0.25, 0.3) is 0 Å². The Bertz CT molecular complexity index is 412. The molecule has 0 saturated carbocycles. The molecule has 0 atom stereocenters. The number of thioether (sulfide) groups is 1. The second-order valence-electron chi connectivity index (χ2n) is 4.94. The van der Waals surface area contributed by atoms with E-state index in [2.05, 4.69) is 34.0 Å². The average Bonchev–Trinajstić information content (AvgIpc) is 2.78. The molecule has 0 aliphatic heterocycles. The fourth-order valence-corrected chi connectivity index (χ4v) is 2.55. The van der Waals surface area contributed by atoms with Gasteiger partial charge >= 0.3 is 0 Å². The lowest BCUT2D eigenvalue weighted by molar-refractivity contribution is 0.392. The summed E-state index contributed by atoms with van der Waals surface area (Å²) < 4.78 is 5.18. The number of aryl methyl sites for hydroxylation is 2. The molecule has 6 heteroatoms. The number of nitrogens with zero attached hydrogens (tertiary/aromatic N) is 2. The first-order valence-electron chi connectivity index (χ1n) is 7.61. The van der Waals surface area contributed by atoms with Crippen LogP contribution in [0.15, 0.2) is 9.52 Å². The van der Waals surface area contributed by atoms with E-state index >= 15 is 0 Å². The highest BCUT2D eigenvalue weighted by molar-refractivity contribution is 7.98. The highest BCUT2D eigenvalue weighted by Gasteiger charge is 2.08. The van der Waals surface area contributed by atoms with Crippen molar-refractivity contribution in [2.45, 2.75) is 40.0 Å². The van der Waals surface area contributed by atoms with Gasteiger partial charge in [-0.25, -0.2) is 0 Å². The average molecular weight is 312 g/mol. The number of rotatable bonds is 9. The van der Waals surface area contributed by atoms with E-state index < -0.39 is 0 Å². The molecule has 0 unspecified atom stereocenters. The normalized spacial score (nSPS) is 11.7. The van der Waals surface area contributed by atoms with Crippen molar-refractivity contribution < 1.29 is 4.52 Å². The molecule has 0 fully saturated rings. The minimum atomic E-state index is 0.833. The van der Waals surface area contributed by atoms with Crippen LogP contribution in [-0.2, 0) is 6.42 Å². The van der Waals surface area contributed by atoms with Crippen LogP contribution in [0.3, 0.4) is 0 Å². The van der Waals surface area contributed by atoms with Crippen molar-refractivity contribution in [1.82, 2.24) is 15.8 Å². The number of guanidine groups is 1. The third-order valence-electron chi connectivity index (χ3n) is 3.22. The lowest BCUT2D eigenvalue weighted by Gasteiger charge is -2.11. The quantitative estimate of drug-likeness (QED) is 0.417. The fourth-order valence-electron chi connectivity index (χ4n) is 2.06. The summed E-state index contributed by atoms with van der Waals surface area (Å²) in [5.74, 6) is 3.02. The van der Waals surface area contributed by atoms with Crippen molar-refractivity contribution >= 4 is 17.7 Å². The van der Waals surface area contributed by atoms with Gasteiger partial charge in [0.15, 0.2) is 5.96 Å². The molecule has 0 spiro atoms. The van der Waals surface area contributed by atoms with Gasteiger partial charge in [-0.05, 0) is 52.0 Å². The van der Waals surface area contributed by atoms with Crippen LogP contribution in [0.1, 0.15) is 36.8 Å². The topological polar surface area (TPSA) is 62.5 Å². The van der Waals surface area contributed by atoms with E-state index in [1.807, 2.05) is 25.6 Å². The number of nitrogens with one attached hydrogen (secondary N) is 2. The van der Waals surface area contributed by atoms with Gasteiger partial charge in [-0.1, -0.05) is 5.16 Å². The van der Waals surface area contributed by atoms with E-state index in [-0.39, 0.29) is 0 Å². The molecule has 0 radical (unpaired) electrons. The second-order valence-corrected chi connectivity index (χ2v) is 5.93. The van der Waals surface area contributed by atoms with Gasteiger partial charge in [-0.2, -0.15) is 11.8 Å². The molecule has 0 bridgehead atoms.